The van der Waals surface area contributed by atoms with Crippen molar-refractivity contribution in [2.45, 2.75) is 32.4 Å². The van der Waals surface area contributed by atoms with Crippen molar-refractivity contribution in [2.24, 2.45) is 0 Å². The summed E-state index contributed by atoms with van der Waals surface area (Å²) < 4.78 is 25.9. The molecule has 0 heterocycles. The van der Waals surface area contributed by atoms with E-state index in [1.165, 1.54) is 17.7 Å². The minimum absolute atomic E-state index is 0.323. The first-order chi connectivity index (χ1) is 9.65. The van der Waals surface area contributed by atoms with Gasteiger partial charge in [-0.3, -0.25) is 0 Å². The second-order valence-corrected chi connectivity index (χ2v) is 5.05. The van der Waals surface area contributed by atoms with Crippen LogP contribution in [0.2, 0.25) is 0 Å². The third-order valence-corrected chi connectivity index (χ3v) is 3.35. The fourth-order valence-electron chi connectivity index (χ4n) is 2.07. The van der Waals surface area contributed by atoms with Gasteiger partial charge in [0.25, 0.3) is 0 Å². The lowest BCUT2D eigenvalue weighted by Crippen LogP contribution is -2.26. The van der Waals surface area contributed by atoms with Crippen molar-refractivity contribution in [1.29, 1.82) is 0 Å². The first kappa shape index (κ1) is 14.7. The van der Waals surface area contributed by atoms with Crippen LogP contribution >= 0.6 is 0 Å². The van der Waals surface area contributed by atoms with Gasteiger partial charge < -0.3 is 5.32 Å². The molecule has 1 atom stereocenters. The number of nitrogens with one attached hydrogen (secondary N) is 1. The molecule has 0 radical (unpaired) electrons. The molecule has 106 valence electrons. The van der Waals surface area contributed by atoms with Crippen LogP contribution in [0.1, 0.15) is 24.5 Å². The average molecular weight is 275 g/mol. The van der Waals surface area contributed by atoms with Crippen LogP contribution in [0, 0.1) is 11.6 Å². The van der Waals surface area contributed by atoms with E-state index in [9.17, 15) is 8.78 Å². The highest BCUT2D eigenvalue weighted by Gasteiger charge is 2.05. The van der Waals surface area contributed by atoms with Crippen LogP contribution in [0.15, 0.2) is 48.5 Å². The Bertz CT molecular complexity index is 540. The van der Waals surface area contributed by atoms with E-state index in [0.717, 1.165) is 18.4 Å². The molecule has 1 nitrogen and oxygen atoms in total. The van der Waals surface area contributed by atoms with Gasteiger partial charge in [0, 0.05) is 12.6 Å². The smallest absolute Gasteiger partial charge is 0.159 e. The van der Waals surface area contributed by atoms with Crippen LogP contribution in [0.3, 0.4) is 0 Å². The molecule has 20 heavy (non-hydrogen) atoms. The van der Waals surface area contributed by atoms with Crippen LogP contribution in [-0.4, -0.2) is 6.04 Å². The van der Waals surface area contributed by atoms with E-state index in [1.54, 1.807) is 6.07 Å². The molecule has 0 fully saturated rings. The lowest BCUT2D eigenvalue weighted by atomic mass is 10.1. The van der Waals surface area contributed by atoms with Gasteiger partial charge in [0.15, 0.2) is 11.6 Å². The van der Waals surface area contributed by atoms with Crippen LogP contribution in [-0.2, 0) is 13.0 Å². The number of benzene rings is 2. The van der Waals surface area contributed by atoms with Gasteiger partial charge in [-0.05, 0) is 43.0 Å². The van der Waals surface area contributed by atoms with Crippen LogP contribution in [0.25, 0.3) is 0 Å². The number of hydrogen-bond acceptors (Lipinski definition) is 1. The summed E-state index contributed by atoms with van der Waals surface area (Å²) in [6, 6.07) is 14.6. The van der Waals surface area contributed by atoms with E-state index < -0.39 is 11.6 Å². The van der Waals surface area contributed by atoms with E-state index in [-0.39, 0.29) is 0 Å². The molecule has 1 unspecified atom stereocenters. The van der Waals surface area contributed by atoms with Gasteiger partial charge in [-0.1, -0.05) is 36.4 Å². The van der Waals surface area contributed by atoms with Gasteiger partial charge in [-0.2, -0.15) is 0 Å². The summed E-state index contributed by atoms with van der Waals surface area (Å²) in [4.78, 5) is 0. The second-order valence-electron chi connectivity index (χ2n) is 5.05. The van der Waals surface area contributed by atoms with E-state index >= 15 is 0 Å². The van der Waals surface area contributed by atoms with E-state index in [1.807, 2.05) is 18.2 Å². The Morgan fingerprint density at radius 2 is 1.70 bits per heavy atom. The molecular weight excluding hydrogens is 256 g/mol. The van der Waals surface area contributed by atoms with Crippen LogP contribution in [0.4, 0.5) is 8.78 Å². The van der Waals surface area contributed by atoms with E-state index in [0.29, 0.717) is 12.6 Å². The molecule has 2 aromatic carbocycles. The Morgan fingerprint density at radius 3 is 2.40 bits per heavy atom. The minimum Gasteiger partial charge on any atom is -0.310 e. The highest BCUT2D eigenvalue weighted by molar-refractivity contribution is 5.18. The van der Waals surface area contributed by atoms with Crippen molar-refractivity contribution in [1.82, 2.24) is 5.32 Å². The quantitative estimate of drug-likeness (QED) is 0.837. The molecule has 0 aliphatic heterocycles. The monoisotopic (exact) mass is 275 g/mol. The molecule has 0 saturated carbocycles. The predicted octanol–water partition coefficient (Wildman–Crippen LogP) is 4.08. The van der Waals surface area contributed by atoms with Crippen molar-refractivity contribution < 1.29 is 8.78 Å². The summed E-state index contributed by atoms with van der Waals surface area (Å²) >= 11 is 0. The molecule has 0 bridgehead atoms. The fourth-order valence-corrected chi connectivity index (χ4v) is 2.07. The van der Waals surface area contributed by atoms with Crippen LogP contribution < -0.4 is 5.32 Å². The Labute approximate surface area is 118 Å². The molecular formula is C17H19F2N. The highest BCUT2D eigenvalue weighted by atomic mass is 19.2. The van der Waals surface area contributed by atoms with E-state index in [2.05, 4.69) is 24.4 Å². The van der Waals surface area contributed by atoms with Crippen molar-refractivity contribution in [3.63, 3.8) is 0 Å². The summed E-state index contributed by atoms with van der Waals surface area (Å²) in [7, 11) is 0. The van der Waals surface area contributed by atoms with Gasteiger partial charge in [0.2, 0.25) is 0 Å². The molecule has 0 amide bonds. The first-order valence-electron chi connectivity index (χ1n) is 6.86. The van der Waals surface area contributed by atoms with Crippen molar-refractivity contribution >= 4 is 0 Å². The lowest BCUT2D eigenvalue weighted by molar-refractivity contribution is 0.496. The molecule has 0 spiro atoms. The topological polar surface area (TPSA) is 12.0 Å². The van der Waals surface area contributed by atoms with Gasteiger partial charge in [-0.25, -0.2) is 8.78 Å². The van der Waals surface area contributed by atoms with Gasteiger partial charge in [-0.15, -0.1) is 0 Å². The summed E-state index contributed by atoms with van der Waals surface area (Å²) in [6.07, 6.45) is 2.01. The zero-order valence-corrected chi connectivity index (χ0v) is 11.6. The highest BCUT2D eigenvalue weighted by Crippen LogP contribution is 2.09. The summed E-state index contributed by atoms with van der Waals surface area (Å²) in [5, 5.41) is 3.33. The molecule has 2 rings (SSSR count). The van der Waals surface area contributed by atoms with Crippen LogP contribution in [0.5, 0.6) is 0 Å². The maximum Gasteiger partial charge on any atom is 0.159 e. The maximum atomic E-state index is 13.1. The van der Waals surface area contributed by atoms with Crippen molar-refractivity contribution in [3.8, 4) is 0 Å². The van der Waals surface area contributed by atoms with Gasteiger partial charge in [0.1, 0.15) is 0 Å². The van der Waals surface area contributed by atoms with Crippen molar-refractivity contribution in [3.05, 3.63) is 71.3 Å². The maximum absolute atomic E-state index is 13.1. The number of hydrogen-bond donors (Lipinski definition) is 1. The zero-order valence-electron chi connectivity index (χ0n) is 11.6. The summed E-state index contributed by atoms with van der Waals surface area (Å²) in [6.45, 7) is 2.65. The molecule has 0 aliphatic carbocycles. The third-order valence-electron chi connectivity index (χ3n) is 3.35. The molecule has 0 aromatic heterocycles. The minimum atomic E-state index is -0.800. The molecule has 0 aliphatic rings. The second kappa shape index (κ2) is 7.15. The molecule has 0 saturated heterocycles. The standard InChI is InChI=1S/C17H19F2N/c1-13(7-8-14-5-3-2-4-6-14)20-12-15-9-10-16(18)17(19)11-15/h2-6,9-11,13,20H,7-8,12H2,1H3. The first-order valence-corrected chi connectivity index (χ1v) is 6.86. The third kappa shape index (κ3) is 4.42. The zero-order chi connectivity index (χ0) is 14.4. The summed E-state index contributed by atoms with van der Waals surface area (Å²) in [5.74, 6) is -1.59. The largest absolute Gasteiger partial charge is 0.310 e. The number of aryl methyl sites for hydroxylation is 1. The van der Waals surface area contributed by atoms with E-state index in [4.69, 9.17) is 0 Å². The predicted molar refractivity (Wildman–Crippen MR) is 77.4 cm³/mol. The Hall–Kier alpha value is -1.74. The molecule has 1 N–H and O–H groups in total. The SMILES string of the molecule is CC(CCc1ccccc1)NCc1ccc(F)c(F)c1. The Kier molecular flexibility index (Phi) is 5.24. The van der Waals surface area contributed by atoms with Crippen molar-refractivity contribution in [2.75, 3.05) is 0 Å². The number of halogens is 2. The Balaban J connectivity index is 1.77. The molecule has 3 heteroatoms. The average Bonchev–Trinajstić information content (AvgIpc) is 2.47. The van der Waals surface area contributed by atoms with Gasteiger partial charge >= 0.3 is 0 Å². The Morgan fingerprint density at radius 1 is 0.950 bits per heavy atom. The normalized spacial score (nSPS) is 12.3. The fraction of sp³-hybridized carbons (Fsp3) is 0.294. The number of rotatable bonds is 6. The lowest BCUT2D eigenvalue weighted by Gasteiger charge is -2.14. The molecule has 2 aromatic rings. The summed E-state index contributed by atoms with van der Waals surface area (Å²) in [5.41, 5.74) is 2.07. The van der Waals surface area contributed by atoms with Gasteiger partial charge in [0.05, 0.1) is 0 Å².